The van der Waals surface area contributed by atoms with Gasteiger partial charge in [0.2, 0.25) is 23.6 Å². The fourth-order valence-corrected chi connectivity index (χ4v) is 5.85. The summed E-state index contributed by atoms with van der Waals surface area (Å²) in [4.78, 5) is 91.5. The van der Waals surface area contributed by atoms with Gasteiger partial charge in [-0.05, 0) is 60.5 Å². The van der Waals surface area contributed by atoms with Gasteiger partial charge in [-0.3, -0.25) is 24.0 Å². The minimum absolute atomic E-state index is 0.0123. The smallest absolute Gasteiger partial charge is 0.408 e. The van der Waals surface area contributed by atoms with Crippen LogP contribution in [0.1, 0.15) is 92.2 Å². The number of carbonyl (C=O) groups excluding carboxylic acids is 7. The van der Waals surface area contributed by atoms with Crippen molar-refractivity contribution in [2.24, 2.45) is 23.7 Å². The zero-order valence-electron chi connectivity index (χ0n) is 35.2. The van der Waals surface area contributed by atoms with Crippen LogP contribution in [0, 0.1) is 23.7 Å². The monoisotopic (exact) mass is 808 g/mol. The Labute approximate surface area is 342 Å². The predicted octanol–water partition coefficient (Wildman–Crippen LogP) is 4.53. The lowest BCUT2D eigenvalue weighted by molar-refractivity contribution is -0.132. The fraction of sp³-hybridized carbons (Fsp3) is 0.558. The number of hydrogen-bond acceptors (Lipinski definition) is 9. The van der Waals surface area contributed by atoms with Crippen molar-refractivity contribution in [3.8, 4) is 0 Å². The summed E-state index contributed by atoms with van der Waals surface area (Å²) in [5.74, 6) is -2.85. The van der Waals surface area contributed by atoms with Crippen molar-refractivity contribution in [3.63, 3.8) is 0 Å². The molecule has 320 valence electrons. The average molecular weight is 809 g/mol. The highest BCUT2D eigenvalue weighted by Crippen LogP contribution is 2.12. The molecule has 58 heavy (non-hydrogen) atoms. The Morgan fingerprint density at radius 1 is 0.431 bits per heavy atom. The Bertz CT molecular complexity index is 1500. The van der Waals surface area contributed by atoms with Crippen LogP contribution in [0.4, 0.5) is 9.59 Å². The van der Waals surface area contributed by atoms with Gasteiger partial charge in [-0.2, -0.15) is 0 Å². The van der Waals surface area contributed by atoms with E-state index in [1.807, 2.05) is 116 Å². The number of benzene rings is 2. The maximum atomic E-state index is 13.4. The van der Waals surface area contributed by atoms with Crippen molar-refractivity contribution in [3.05, 3.63) is 71.8 Å². The van der Waals surface area contributed by atoms with Gasteiger partial charge >= 0.3 is 12.2 Å². The second-order valence-electron chi connectivity index (χ2n) is 16.1. The van der Waals surface area contributed by atoms with Crippen LogP contribution in [0.2, 0.25) is 0 Å². The first-order valence-corrected chi connectivity index (χ1v) is 20.1. The van der Waals surface area contributed by atoms with E-state index in [2.05, 4.69) is 31.9 Å². The Morgan fingerprint density at radius 2 is 0.724 bits per heavy atom. The van der Waals surface area contributed by atoms with Crippen molar-refractivity contribution in [1.29, 1.82) is 0 Å². The minimum Gasteiger partial charge on any atom is -0.445 e. The number of Topliss-reactive ketones (excluding diaryl/α,β-unsaturated/α-hetero) is 1. The molecule has 2 rings (SSSR count). The molecule has 6 amide bonds. The van der Waals surface area contributed by atoms with Crippen molar-refractivity contribution in [2.75, 3.05) is 13.1 Å². The van der Waals surface area contributed by atoms with Gasteiger partial charge in [-0.15, -0.1) is 0 Å². The lowest BCUT2D eigenvalue weighted by Gasteiger charge is -2.25. The average Bonchev–Trinajstić information content (AvgIpc) is 3.16. The lowest BCUT2D eigenvalue weighted by Crippen LogP contribution is -2.55. The summed E-state index contributed by atoms with van der Waals surface area (Å²) in [5.41, 5.74) is 1.57. The van der Waals surface area contributed by atoms with Crippen molar-refractivity contribution in [1.82, 2.24) is 31.9 Å². The molecule has 0 heterocycles. The van der Waals surface area contributed by atoms with Gasteiger partial charge in [0.15, 0.2) is 5.78 Å². The minimum atomic E-state index is -1.01. The summed E-state index contributed by atoms with van der Waals surface area (Å²) in [6, 6.07) is 14.2. The van der Waals surface area contributed by atoms with Gasteiger partial charge in [0.25, 0.3) is 0 Å². The molecule has 0 saturated heterocycles. The molecule has 0 aliphatic heterocycles. The van der Waals surface area contributed by atoms with Gasteiger partial charge in [-0.1, -0.05) is 116 Å². The summed E-state index contributed by atoms with van der Waals surface area (Å²) < 4.78 is 10.6. The van der Waals surface area contributed by atoms with E-state index < -0.39 is 78.9 Å². The Hall–Kier alpha value is -5.47. The molecular weight excluding hydrogens is 745 g/mol. The first-order chi connectivity index (χ1) is 27.4. The molecule has 0 aromatic heterocycles. The number of ketones is 1. The number of carbonyl (C=O) groups is 7. The summed E-state index contributed by atoms with van der Waals surface area (Å²) in [5, 5.41) is 15.8. The molecule has 15 heteroatoms. The number of alkyl carbamates (subject to hydrolysis) is 2. The van der Waals surface area contributed by atoms with Crippen molar-refractivity contribution < 1.29 is 43.0 Å². The third-order valence-corrected chi connectivity index (χ3v) is 8.66. The largest absolute Gasteiger partial charge is 0.445 e. The topological polar surface area (TPSA) is 210 Å². The Balaban J connectivity index is 1.98. The Morgan fingerprint density at radius 3 is 1.02 bits per heavy atom. The lowest BCUT2D eigenvalue weighted by atomic mass is 10.00. The molecule has 4 unspecified atom stereocenters. The first kappa shape index (κ1) is 48.7. The highest BCUT2D eigenvalue weighted by atomic mass is 16.6. The molecule has 2 aromatic rings. The summed E-state index contributed by atoms with van der Waals surface area (Å²) in [7, 11) is 0. The van der Waals surface area contributed by atoms with Crippen LogP contribution in [0.25, 0.3) is 0 Å². The normalized spacial score (nSPS) is 13.2. The van der Waals surface area contributed by atoms with Crippen molar-refractivity contribution >= 4 is 41.6 Å². The second-order valence-corrected chi connectivity index (χ2v) is 16.1. The van der Waals surface area contributed by atoms with E-state index in [4.69, 9.17) is 9.47 Å². The van der Waals surface area contributed by atoms with E-state index >= 15 is 0 Å². The van der Waals surface area contributed by atoms with Crippen LogP contribution in [0.5, 0.6) is 0 Å². The van der Waals surface area contributed by atoms with Gasteiger partial charge < -0.3 is 41.4 Å². The molecule has 0 aliphatic rings. The fourth-order valence-electron chi connectivity index (χ4n) is 5.85. The van der Waals surface area contributed by atoms with E-state index in [9.17, 15) is 33.6 Å². The quantitative estimate of drug-likeness (QED) is 0.0879. The molecule has 0 fully saturated rings. The molecular formula is C43H64N6O9. The van der Waals surface area contributed by atoms with E-state index in [1.165, 1.54) is 0 Å². The molecule has 2 aromatic carbocycles. The molecule has 0 bridgehead atoms. The van der Waals surface area contributed by atoms with Crippen molar-refractivity contribution in [2.45, 2.75) is 118 Å². The molecule has 15 nitrogen and oxygen atoms in total. The highest BCUT2D eigenvalue weighted by Gasteiger charge is 2.30. The van der Waals surface area contributed by atoms with E-state index in [1.54, 1.807) is 0 Å². The van der Waals surface area contributed by atoms with E-state index in [-0.39, 0.29) is 62.6 Å². The predicted molar refractivity (Wildman–Crippen MR) is 220 cm³/mol. The van der Waals surface area contributed by atoms with Gasteiger partial charge in [-0.25, -0.2) is 9.59 Å². The summed E-state index contributed by atoms with van der Waals surface area (Å²) in [6.45, 7) is 14.3. The number of amides is 6. The second kappa shape index (κ2) is 25.7. The van der Waals surface area contributed by atoms with Crippen LogP contribution in [-0.2, 0) is 46.7 Å². The zero-order valence-corrected chi connectivity index (χ0v) is 35.2. The number of ether oxygens (including phenoxy) is 2. The van der Waals surface area contributed by atoms with E-state index in [0.29, 0.717) is 0 Å². The standard InChI is InChI=1S/C43H64N6O9/c1-27(2)19-34(46-40(53)36(21-29(5)6)48-42(55)57-25-31-15-11-9-12-16-31)38(51)44-23-33(50)24-45-39(52)35(20-28(3)4)47-41(54)37(22-30(7)8)49-43(56)58-26-32-17-13-10-14-18-32/h9-18,27-30,34-37H,19-26H2,1-8H3,(H,44,51)(H,45,52)(H,46,53)(H,47,54)(H,48,55)(H,49,56). The highest BCUT2D eigenvalue weighted by molar-refractivity contribution is 5.96. The maximum Gasteiger partial charge on any atom is 0.408 e. The van der Waals surface area contributed by atoms with Gasteiger partial charge in [0.1, 0.15) is 37.4 Å². The zero-order chi connectivity index (χ0) is 43.2. The van der Waals surface area contributed by atoms with Crippen LogP contribution in [-0.4, -0.2) is 78.9 Å². The van der Waals surface area contributed by atoms with E-state index in [0.717, 1.165) is 11.1 Å². The summed E-state index contributed by atoms with van der Waals surface area (Å²) in [6.07, 6.45) is -0.469. The van der Waals surface area contributed by atoms with Crippen LogP contribution in [0.3, 0.4) is 0 Å². The molecule has 0 spiro atoms. The number of nitrogens with one attached hydrogen (secondary N) is 6. The third-order valence-electron chi connectivity index (χ3n) is 8.66. The number of hydrogen-bond donors (Lipinski definition) is 6. The number of rotatable bonds is 24. The molecule has 0 radical (unpaired) electrons. The molecule has 0 saturated carbocycles. The van der Waals surface area contributed by atoms with Crippen LogP contribution in [0.15, 0.2) is 60.7 Å². The molecule has 0 aliphatic carbocycles. The van der Waals surface area contributed by atoms with Gasteiger partial charge in [0.05, 0.1) is 13.1 Å². The molecule has 4 atom stereocenters. The Kier molecular flexibility index (Phi) is 21.6. The maximum absolute atomic E-state index is 13.4. The van der Waals surface area contributed by atoms with Gasteiger partial charge in [0, 0.05) is 0 Å². The molecule has 6 N–H and O–H groups in total. The third kappa shape index (κ3) is 20.1. The van der Waals surface area contributed by atoms with Crippen LogP contribution < -0.4 is 31.9 Å². The summed E-state index contributed by atoms with van der Waals surface area (Å²) >= 11 is 0. The van der Waals surface area contributed by atoms with Crippen LogP contribution >= 0.6 is 0 Å². The first-order valence-electron chi connectivity index (χ1n) is 20.1. The SMILES string of the molecule is CC(C)CC(NC(=O)OCc1ccccc1)C(=O)NC(CC(C)C)C(=O)NCC(=O)CNC(=O)C(CC(C)C)NC(=O)C(CC(C)C)NC(=O)OCc1ccccc1.